The summed E-state index contributed by atoms with van der Waals surface area (Å²) in [5.41, 5.74) is 11.8. The molecule has 0 saturated heterocycles. The van der Waals surface area contributed by atoms with Crippen molar-refractivity contribution >= 4 is 17.5 Å². The summed E-state index contributed by atoms with van der Waals surface area (Å²) in [6.45, 7) is 0. The number of benzene rings is 1. The van der Waals surface area contributed by atoms with Crippen LogP contribution in [0, 0.1) is 0 Å². The van der Waals surface area contributed by atoms with Gasteiger partial charge in [0.2, 0.25) is 11.8 Å². The summed E-state index contributed by atoms with van der Waals surface area (Å²) in [6.07, 6.45) is 4.26. The highest BCUT2D eigenvalue weighted by Gasteiger charge is 2.21. The molecule has 1 aromatic carbocycles. The molecule has 0 heterocycles. The van der Waals surface area contributed by atoms with E-state index in [1.807, 2.05) is 0 Å². The molecule has 0 spiro atoms. The zero-order chi connectivity index (χ0) is 15.4. The van der Waals surface area contributed by atoms with Crippen molar-refractivity contribution in [1.82, 2.24) is 0 Å². The second kappa shape index (κ2) is 6.58. The molecule has 114 valence electrons. The van der Waals surface area contributed by atoms with Crippen molar-refractivity contribution in [2.45, 2.75) is 37.8 Å². The Morgan fingerprint density at radius 1 is 1.05 bits per heavy atom. The number of anilines is 1. The van der Waals surface area contributed by atoms with Crippen molar-refractivity contribution in [3.8, 4) is 0 Å². The SMILES string of the molecule is COC1CCC(Nc2cc(C(N)=O)cc(C(N)=O)c2)CC1. The van der Waals surface area contributed by atoms with Crippen molar-refractivity contribution in [1.29, 1.82) is 0 Å². The number of hydrogen-bond acceptors (Lipinski definition) is 4. The number of hydrogen-bond donors (Lipinski definition) is 3. The molecule has 0 aliphatic heterocycles. The first-order chi connectivity index (χ1) is 9.99. The zero-order valence-electron chi connectivity index (χ0n) is 12.1. The van der Waals surface area contributed by atoms with Gasteiger partial charge in [0.1, 0.15) is 0 Å². The van der Waals surface area contributed by atoms with Gasteiger partial charge >= 0.3 is 0 Å². The Morgan fingerprint density at radius 3 is 2.00 bits per heavy atom. The van der Waals surface area contributed by atoms with Gasteiger partial charge in [0.25, 0.3) is 0 Å². The van der Waals surface area contributed by atoms with E-state index in [4.69, 9.17) is 16.2 Å². The molecule has 0 bridgehead atoms. The highest BCUT2D eigenvalue weighted by atomic mass is 16.5. The molecule has 1 saturated carbocycles. The van der Waals surface area contributed by atoms with Gasteiger partial charge in [-0.05, 0) is 43.9 Å². The maximum absolute atomic E-state index is 11.3. The van der Waals surface area contributed by atoms with E-state index >= 15 is 0 Å². The monoisotopic (exact) mass is 291 g/mol. The lowest BCUT2D eigenvalue weighted by Gasteiger charge is -2.29. The molecule has 2 rings (SSSR count). The molecule has 0 unspecified atom stereocenters. The molecule has 6 nitrogen and oxygen atoms in total. The second-order valence-electron chi connectivity index (χ2n) is 5.38. The molecule has 1 aliphatic rings. The normalized spacial score (nSPS) is 21.8. The molecule has 21 heavy (non-hydrogen) atoms. The van der Waals surface area contributed by atoms with E-state index in [0.29, 0.717) is 17.8 Å². The van der Waals surface area contributed by atoms with Gasteiger partial charge < -0.3 is 21.5 Å². The Bertz CT molecular complexity index is 505. The summed E-state index contributed by atoms with van der Waals surface area (Å²) in [4.78, 5) is 22.7. The van der Waals surface area contributed by atoms with E-state index < -0.39 is 11.8 Å². The average molecular weight is 291 g/mol. The third kappa shape index (κ3) is 3.95. The Morgan fingerprint density at radius 2 is 1.57 bits per heavy atom. The van der Waals surface area contributed by atoms with Crippen LogP contribution in [0.3, 0.4) is 0 Å². The lowest BCUT2D eigenvalue weighted by atomic mass is 9.92. The van der Waals surface area contributed by atoms with Gasteiger partial charge in [-0.15, -0.1) is 0 Å². The number of methoxy groups -OCH3 is 1. The summed E-state index contributed by atoms with van der Waals surface area (Å²) in [5.74, 6) is -1.16. The fourth-order valence-corrected chi connectivity index (χ4v) is 2.67. The third-order valence-electron chi connectivity index (χ3n) is 3.88. The van der Waals surface area contributed by atoms with E-state index in [1.165, 1.54) is 6.07 Å². The molecular weight excluding hydrogens is 270 g/mol. The van der Waals surface area contributed by atoms with Crippen LogP contribution in [0.25, 0.3) is 0 Å². The van der Waals surface area contributed by atoms with Gasteiger partial charge in [-0.3, -0.25) is 9.59 Å². The second-order valence-corrected chi connectivity index (χ2v) is 5.38. The first kappa shape index (κ1) is 15.3. The zero-order valence-corrected chi connectivity index (χ0v) is 12.1. The van der Waals surface area contributed by atoms with E-state index in [9.17, 15) is 9.59 Å². The van der Waals surface area contributed by atoms with Crippen molar-refractivity contribution in [2.75, 3.05) is 12.4 Å². The van der Waals surface area contributed by atoms with Crippen LogP contribution < -0.4 is 16.8 Å². The maximum Gasteiger partial charge on any atom is 0.248 e. The molecule has 1 aliphatic carbocycles. The molecule has 6 heteroatoms. The number of rotatable bonds is 5. The molecule has 1 aromatic rings. The number of ether oxygens (including phenoxy) is 1. The Balaban J connectivity index is 2.12. The summed E-state index contributed by atoms with van der Waals surface area (Å²) < 4.78 is 5.34. The minimum atomic E-state index is -0.579. The average Bonchev–Trinajstić information content (AvgIpc) is 2.47. The van der Waals surface area contributed by atoms with Gasteiger partial charge in [-0.1, -0.05) is 0 Å². The lowest BCUT2D eigenvalue weighted by molar-refractivity contribution is 0.0682. The Kier molecular flexibility index (Phi) is 4.80. The first-order valence-corrected chi connectivity index (χ1v) is 7.03. The molecular formula is C15H21N3O3. The fourth-order valence-electron chi connectivity index (χ4n) is 2.67. The van der Waals surface area contributed by atoms with E-state index in [1.54, 1.807) is 19.2 Å². The van der Waals surface area contributed by atoms with Gasteiger partial charge in [-0.2, -0.15) is 0 Å². The molecule has 5 N–H and O–H groups in total. The number of carbonyl (C=O) groups excluding carboxylic acids is 2. The molecule has 1 fully saturated rings. The number of nitrogens with one attached hydrogen (secondary N) is 1. The van der Waals surface area contributed by atoms with Crippen molar-refractivity contribution < 1.29 is 14.3 Å². The third-order valence-corrected chi connectivity index (χ3v) is 3.88. The van der Waals surface area contributed by atoms with Crippen LogP contribution >= 0.6 is 0 Å². The van der Waals surface area contributed by atoms with Crippen molar-refractivity contribution in [2.24, 2.45) is 11.5 Å². The quantitative estimate of drug-likeness (QED) is 0.758. The van der Waals surface area contributed by atoms with Gasteiger partial charge in [0.05, 0.1) is 6.10 Å². The number of nitrogens with two attached hydrogens (primary N) is 2. The lowest BCUT2D eigenvalue weighted by Crippen LogP contribution is -2.29. The van der Waals surface area contributed by atoms with Crippen molar-refractivity contribution in [3.05, 3.63) is 29.3 Å². The van der Waals surface area contributed by atoms with E-state index in [0.717, 1.165) is 25.7 Å². The minimum Gasteiger partial charge on any atom is -0.382 e. The molecule has 0 radical (unpaired) electrons. The predicted molar refractivity (Wildman–Crippen MR) is 80.2 cm³/mol. The number of primary amides is 2. The fraction of sp³-hybridized carbons (Fsp3) is 0.467. The van der Waals surface area contributed by atoms with Gasteiger partial charge in [0.15, 0.2) is 0 Å². The Hall–Kier alpha value is -2.08. The number of amides is 2. The molecule has 2 amide bonds. The van der Waals surface area contributed by atoms with Crippen LogP contribution in [-0.2, 0) is 4.74 Å². The predicted octanol–water partition coefficient (Wildman–Crippen LogP) is 1.25. The summed E-state index contributed by atoms with van der Waals surface area (Å²) in [6, 6.07) is 5.01. The van der Waals surface area contributed by atoms with Gasteiger partial charge in [0, 0.05) is 30.0 Å². The van der Waals surface area contributed by atoms with Crippen LogP contribution in [0.5, 0.6) is 0 Å². The van der Waals surface area contributed by atoms with Gasteiger partial charge in [-0.25, -0.2) is 0 Å². The summed E-state index contributed by atoms with van der Waals surface area (Å²) in [5, 5.41) is 3.34. The molecule has 0 atom stereocenters. The topological polar surface area (TPSA) is 107 Å². The van der Waals surface area contributed by atoms with Crippen molar-refractivity contribution in [3.63, 3.8) is 0 Å². The van der Waals surface area contributed by atoms with Crippen LogP contribution in [0.15, 0.2) is 18.2 Å². The van der Waals surface area contributed by atoms with Crippen LogP contribution in [-0.4, -0.2) is 31.1 Å². The number of carbonyl (C=O) groups is 2. The molecule has 0 aromatic heterocycles. The summed E-state index contributed by atoms with van der Waals surface area (Å²) in [7, 11) is 1.73. The summed E-state index contributed by atoms with van der Waals surface area (Å²) >= 11 is 0. The van der Waals surface area contributed by atoms with Crippen LogP contribution in [0.2, 0.25) is 0 Å². The van der Waals surface area contributed by atoms with Crippen LogP contribution in [0.4, 0.5) is 5.69 Å². The minimum absolute atomic E-state index is 0.277. The smallest absolute Gasteiger partial charge is 0.248 e. The highest BCUT2D eigenvalue weighted by molar-refractivity contribution is 5.99. The van der Waals surface area contributed by atoms with E-state index in [2.05, 4.69) is 5.32 Å². The largest absolute Gasteiger partial charge is 0.382 e. The van der Waals surface area contributed by atoms with E-state index in [-0.39, 0.29) is 11.1 Å². The maximum atomic E-state index is 11.3. The standard InChI is InChI=1S/C15H21N3O3/c1-21-13-4-2-11(3-5-13)18-12-7-9(14(16)19)6-10(8-12)15(17)20/h6-8,11,13,18H,2-5H2,1H3,(H2,16,19)(H2,17,20). The highest BCUT2D eigenvalue weighted by Crippen LogP contribution is 2.24. The first-order valence-electron chi connectivity index (χ1n) is 7.03. The Labute approximate surface area is 123 Å². The van der Waals surface area contributed by atoms with Crippen LogP contribution in [0.1, 0.15) is 46.4 Å².